The molecule has 1 unspecified atom stereocenters. The largest absolute Gasteiger partial charge is 0.325 e. The number of carbonyl (C=O) groups excluding carboxylic acids is 2. The Hall–Kier alpha value is -3.22. The van der Waals surface area contributed by atoms with Crippen LogP contribution in [0.5, 0.6) is 0 Å². The summed E-state index contributed by atoms with van der Waals surface area (Å²) in [5.41, 5.74) is 0.481. The number of carbonyl (C=O) groups is 2. The molecule has 1 saturated heterocycles. The van der Waals surface area contributed by atoms with Crippen molar-refractivity contribution in [2.24, 2.45) is 0 Å². The first-order valence-electron chi connectivity index (χ1n) is 7.85. The molecule has 0 aromatic heterocycles. The lowest BCUT2D eigenvalue weighted by atomic mass is 9.92. The number of benzene rings is 2. The second-order valence-corrected chi connectivity index (χ2v) is 6.05. The van der Waals surface area contributed by atoms with Crippen molar-refractivity contribution in [2.45, 2.75) is 18.9 Å². The molecule has 1 N–H and O–H groups in total. The van der Waals surface area contributed by atoms with Crippen LogP contribution >= 0.6 is 0 Å². The Bertz CT molecular complexity index is 820. The minimum atomic E-state index is -1.08. The minimum Gasteiger partial charge on any atom is -0.319 e. The standard InChI is InChI=1S/C18H17N3O4/c1-18(14-5-3-2-4-6-14)16(22)20(17(23)19-18)12-11-13-7-9-15(10-8-13)21(24)25/h2-10H,11-12H2,1H3,(H,19,23). The summed E-state index contributed by atoms with van der Waals surface area (Å²) < 4.78 is 0. The van der Waals surface area contributed by atoms with Crippen LogP contribution in [0, 0.1) is 10.1 Å². The number of nitrogens with zero attached hydrogens (tertiary/aromatic N) is 2. The summed E-state index contributed by atoms with van der Waals surface area (Å²) in [5.74, 6) is -0.300. The molecule has 7 heteroatoms. The molecule has 1 atom stereocenters. The van der Waals surface area contributed by atoms with E-state index >= 15 is 0 Å². The summed E-state index contributed by atoms with van der Waals surface area (Å²) in [4.78, 5) is 36.4. The third-order valence-corrected chi connectivity index (χ3v) is 4.40. The van der Waals surface area contributed by atoms with E-state index in [9.17, 15) is 19.7 Å². The van der Waals surface area contributed by atoms with Crippen LogP contribution in [-0.4, -0.2) is 28.3 Å². The summed E-state index contributed by atoms with van der Waals surface area (Å²) in [7, 11) is 0. The molecule has 0 spiro atoms. The summed E-state index contributed by atoms with van der Waals surface area (Å²) in [6, 6.07) is 14.7. The van der Waals surface area contributed by atoms with E-state index in [1.54, 1.807) is 31.2 Å². The fraction of sp³-hybridized carbons (Fsp3) is 0.222. The van der Waals surface area contributed by atoms with Gasteiger partial charge in [-0.2, -0.15) is 0 Å². The number of nitrogens with one attached hydrogen (secondary N) is 1. The molecule has 0 saturated carbocycles. The number of non-ortho nitro benzene ring substituents is 1. The van der Waals surface area contributed by atoms with Crippen molar-refractivity contribution < 1.29 is 14.5 Å². The zero-order valence-electron chi connectivity index (χ0n) is 13.6. The molecule has 25 heavy (non-hydrogen) atoms. The van der Waals surface area contributed by atoms with Crippen LogP contribution in [0.15, 0.2) is 54.6 Å². The van der Waals surface area contributed by atoms with E-state index in [0.29, 0.717) is 6.42 Å². The van der Waals surface area contributed by atoms with Crippen molar-refractivity contribution in [3.8, 4) is 0 Å². The Balaban J connectivity index is 1.72. The first kappa shape index (κ1) is 16.6. The molecule has 7 nitrogen and oxygen atoms in total. The van der Waals surface area contributed by atoms with Crippen LogP contribution < -0.4 is 5.32 Å². The van der Waals surface area contributed by atoms with Gasteiger partial charge in [0.25, 0.3) is 11.6 Å². The lowest BCUT2D eigenvalue weighted by Gasteiger charge is -2.22. The Morgan fingerprint density at radius 2 is 1.72 bits per heavy atom. The van der Waals surface area contributed by atoms with Crippen LogP contribution in [0.1, 0.15) is 18.1 Å². The molecule has 0 aliphatic carbocycles. The highest BCUT2D eigenvalue weighted by atomic mass is 16.6. The van der Waals surface area contributed by atoms with Crippen molar-refractivity contribution in [3.05, 3.63) is 75.8 Å². The van der Waals surface area contributed by atoms with Crippen molar-refractivity contribution >= 4 is 17.6 Å². The molecule has 0 radical (unpaired) electrons. The van der Waals surface area contributed by atoms with Gasteiger partial charge in [0.15, 0.2) is 0 Å². The van der Waals surface area contributed by atoms with Crippen LogP contribution in [0.3, 0.4) is 0 Å². The van der Waals surface area contributed by atoms with E-state index in [1.165, 1.54) is 17.0 Å². The second-order valence-electron chi connectivity index (χ2n) is 6.05. The Morgan fingerprint density at radius 3 is 2.32 bits per heavy atom. The van der Waals surface area contributed by atoms with Gasteiger partial charge in [-0.05, 0) is 24.5 Å². The molecular formula is C18H17N3O4. The highest BCUT2D eigenvalue weighted by molar-refractivity contribution is 6.07. The fourth-order valence-corrected chi connectivity index (χ4v) is 2.89. The quantitative estimate of drug-likeness (QED) is 0.515. The summed E-state index contributed by atoms with van der Waals surface area (Å²) in [6.45, 7) is 1.90. The SMILES string of the molecule is CC1(c2ccccc2)NC(=O)N(CCc2ccc([N+](=O)[O-])cc2)C1=O. The minimum absolute atomic E-state index is 0.00962. The predicted octanol–water partition coefficient (Wildman–Crippen LogP) is 2.60. The van der Waals surface area contributed by atoms with Gasteiger partial charge in [-0.3, -0.25) is 19.8 Å². The first-order chi connectivity index (χ1) is 11.9. The molecule has 1 heterocycles. The van der Waals surface area contributed by atoms with E-state index < -0.39 is 16.5 Å². The number of nitro groups is 1. The normalized spacial score (nSPS) is 19.8. The Labute approximate surface area is 144 Å². The number of rotatable bonds is 5. The molecule has 128 valence electrons. The molecule has 2 aromatic rings. The number of hydrogen-bond acceptors (Lipinski definition) is 4. The van der Waals surface area contributed by atoms with Gasteiger partial charge in [-0.25, -0.2) is 4.79 Å². The van der Waals surface area contributed by atoms with Gasteiger partial charge in [-0.15, -0.1) is 0 Å². The number of amides is 3. The molecule has 1 fully saturated rings. The molecular weight excluding hydrogens is 322 g/mol. The number of imide groups is 1. The van der Waals surface area contributed by atoms with Crippen molar-refractivity contribution in [2.75, 3.05) is 6.54 Å². The maximum absolute atomic E-state index is 12.8. The van der Waals surface area contributed by atoms with E-state index in [1.807, 2.05) is 18.2 Å². The third kappa shape index (κ3) is 3.08. The Morgan fingerprint density at radius 1 is 1.08 bits per heavy atom. The average molecular weight is 339 g/mol. The lowest BCUT2D eigenvalue weighted by Crippen LogP contribution is -2.41. The van der Waals surface area contributed by atoms with Gasteiger partial charge in [0.1, 0.15) is 5.54 Å². The molecule has 3 rings (SSSR count). The maximum Gasteiger partial charge on any atom is 0.325 e. The molecule has 0 bridgehead atoms. The van der Waals surface area contributed by atoms with E-state index in [2.05, 4.69) is 5.32 Å². The zero-order chi connectivity index (χ0) is 18.0. The molecule has 1 aliphatic rings. The van der Waals surface area contributed by atoms with Gasteiger partial charge >= 0.3 is 6.03 Å². The molecule has 2 aromatic carbocycles. The van der Waals surface area contributed by atoms with Gasteiger partial charge in [0.2, 0.25) is 0 Å². The maximum atomic E-state index is 12.8. The predicted molar refractivity (Wildman–Crippen MR) is 90.8 cm³/mol. The average Bonchev–Trinajstić information content (AvgIpc) is 2.84. The van der Waals surface area contributed by atoms with Gasteiger partial charge in [0.05, 0.1) is 4.92 Å². The monoisotopic (exact) mass is 339 g/mol. The van der Waals surface area contributed by atoms with Crippen molar-refractivity contribution in [1.82, 2.24) is 10.2 Å². The summed E-state index contributed by atoms with van der Waals surface area (Å²) >= 11 is 0. The van der Waals surface area contributed by atoms with Gasteiger partial charge in [0, 0.05) is 18.7 Å². The van der Waals surface area contributed by atoms with Crippen LogP contribution in [0.2, 0.25) is 0 Å². The highest BCUT2D eigenvalue weighted by Gasteiger charge is 2.48. The second kappa shape index (κ2) is 6.35. The van der Waals surface area contributed by atoms with Crippen LogP contribution in [0.4, 0.5) is 10.5 Å². The van der Waals surface area contributed by atoms with E-state index in [4.69, 9.17) is 0 Å². The highest BCUT2D eigenvalue weighted by Crippen LogP contribution is 2.28. The summed E-state index contributed by atoms with van der Waals surface area (Å²) in [6.07, 6.45) is 0.433. The number of urea groups is 1. The number of hydrogen-bond donors (Lipinski definition) is 1. The lowest BCUT2D eigenvalue weighted by molar-refractivity contribution is -0.384. The fourth-order valence-electron chi connectivity index (χ4n) is 2.89. The van der Waals surface area contributed by atoms with Crippen LogP contribution in [0.25, 0.3) is 0 Å². The van der Waals surface area contributed by atoms with E-state index in [0.717, 1.165) is 11.1 Å². The number of nitro benzene ring substituents is 1. The van der Waals surface area contributed by atoms with Crippen molar-refractivity contribution in [3.63, 3.8) is 0 Å². The smallest absolute Gasteiger partial charge is 0.319 e. The first-order valence-corrected chi connectivity index (χ1v) is 7.85. The van der Waals surface area contributed by atoms with Gasteiger partial charge in [-0.1, -0.05) is 42.5 Å². The molecule has 1 aliphatic heterocycles. The third-order valence-electron chi connectivity index (χ3n) is 4.40. The Kier molecular flexibility index (Phi) is 4.22. The summed E-state index contributed by atoms with van der Waals surface area (Å²) in [5, 5.41) is 13.4. The zero-order valence-corrected chi connectivity index (χ0v) is 13.6. The van der Waals surface area contributed by atoms with Gasteiger partial charge < -0.3 is 5.32 Å². The van der Waals surface area contributed by atoms with Crippen molar-refractivity contribution in [1.29, 1.82) is 0 Å². The van der Waals surface area contributed by atoms with Crippen LogP contribution in [-0.2, 0) is 16.8 Å². The molecule has 3 amide bonds. The van der Waals surface area contributed by atoms with E-state index in [-0.39, 0.29) is 18.1 Å². The topological polar surface area (TPSA) is 92.6 Å².